The zero-order valence-electron chi connectivity index (χ0n) is 23.6. The average Bonchev–Trinajstić information content (AvgIpc) is 2.85. The molecule has 0 bridgehead atoms. The lowest BCUT2D eigenvalue weighted by Crippen LogP contribution is -2.29. The van der Waals surface area contributed by atoms with Crippen LogP contribution in [-0.4, -0.2) is 53.5 Å². The summed E-state index contributed by atoms with van der Waals surface area (Å²) in [6, 6.07) is 0. The molecule has 0 aliphatic carbocycles. The second-order valence-corrected chi connectivity index (χ2v) is 11.1. The van der Waals surface area contributed by atoms with Crippen molar-refractivity contribution in [2.45, 2.75) is 136 Å². The maximum atomic E-state index is 12.1. The first-order valence-electron chi connectivity index (χ1n) is 14.4. The molecule has 0 radical (unpaired) electrons. The van der Waals surface area contributed by atoms with Crippen LogP contribution >= 0.6 is 7.82 Å². The summed E-state index contributed by atoms with van der Waals surface area (Å²) < 4.78 is 25.9. The number of hydrogen-bond donors (Lipinski definition) is 3. The van der Waals surface area contributed by atoms with E-state index >= 15 is 0 Å². The van der Waals surface area contributed by atoms with Crippen molar-refractivity contribution in [1.82, 2.24) is 5.32 Å². The summed E-state index contributed by atoms with van der Waals surface area (Å²) >= 11 is 0. The Balaban J connectivity index is 3.96. The molecule has 38 heavy (non-hydrogen) atoms. The molecule has 10 nitrogen and oxygen atoms in total. The van der Waals surface area contributed by atoms with E-state index < -0.39 is 32.5 Å². The van der Waals surface area contributed by atoms with Crippen LogP contribution in [0, 0.1) is 0 Å². The Morgan fingerprint density at radius 2 is 1.18 bits per heavy atom. The van der Waals surface area contributed by atoms with Gasteiger partial charge in [-0.05, 0) is 19.3 Å². The van der Waals surface area contributed by atoms with Crippen molar-refractivity contribution in [3.8, 4) is 0 Å². The Hall–Kier alpha value is -1.48. The highest BCUT2D eigenvalue weighted by Crippen LogP contribution is 2.35. The SMILES string of the molecule is CCCCCCCCC(=O)O[C@@H](COC(=O)CCCCCCCCCCCCNC(C)=O)COP(=O)(O)O. The molecule has 0 rings (SSSR count). The normalized spacial score (nSPS) is 12.2. The molecule has 0 aliphatic heterocycles. The Morgan fingerprint density at radius 3 is 1.68 bits per heavy atom. The highest BCUT2D eigenvalue weighted by Gasteiger charge is 2.22. The molecule has 0 saturated heterocycles. The van der Waals surface area contributed by atoms with Crippen LogP contribution in [0.2, 0.25) is 0 Å². The quantitative estimate of drug-likeness (QED) is 0.0679. The van der Waals surface area contributed by atoms with Gasteiger partial charge in [-0.3, -0.25) is 18.9 Å². The predicted molar refractivity (Wildman–Crippen MR) is 146 cm³/mol. The van der Waals surface area contributed by atoms with E-state index in [0.717, 1.165) is 64.3 Å². The lowest BCUT2D eigenvalue weighted by atomic mass is 10.1. The number of phosphoric ester groups is 1. The van der Waals surface area contributed by atoms with Gasteiger partial charge in [-0.25, -0.2) is 4.57 Å². The molecule has 0 heterocycles. The van der Waals surface area contributed by atoms with Crippen LogP contribution in [0.4, 0.5) is 0 Å². The van der Waals surface area contributed by atoms with E-state index in [0.29, 0.717) is 12.8 Å². The molecule has 1 atom stereocenters. The first kappa shape index (κ1) is 36.5. The molecule has 0 aromatic carbocycles. The van der Waals surface area contributed by atoms with Gasteiger partial charge in [0.1, 0.15) is 6.61 Å². The molecule has 0 unspecified atom stereocenters. The molecule has 3 N–H and O–H groups in total. The third-order valence-corrected chi connectivity index (χ3v) is 6.56. The molecule has 0 saturated carbocycles. The smallest absolute Gasteiger partial charge is 0.462 e. The third kappa shape index (κ3) is 27.6. The van der Waals surface area contributed by atoms with E-state index in [4.69, 9.17) is 19.3 Å². The average molecular weight is 566 g/mol. The number of carbonyl (C=O) groups excluding carboxylic acids is 3. The number of hydrogen-bond acceptors (Lipinski definition) is 7. The summed E-state index contributed by atoms with van der Waals surface area (Å²) in [4.78, 5) is 52.9. The topological polar surface area (TPSA) is 148 Å². The Morgan fingerprint density at radius 1 is 0.711 bits per heavy atom. The van der Waals surface area contributed by atoms with Gasteiger partial charge in [-0.2, -0.15) is 0 Å². The van der Waals surface area contributed by atoms with Gasteiger partial charge in [0.15, 0.2) is 6.10 Å². The van der Waals surface area contributed by atoms with E-state index in [1.54, 1.807) is 0 Å². The second kappa shape index (κ2) is 24.6. The van der Waals surface area contributed by atoms with Crippen molar-refractivity contribution >= 4 is 25.7 Å². The lowest BCUT2D eigenvalue weighted by molar-refractivity contribution is -0.161. The molecule has 0 spiro atoms. The zero-order valence-corrected chi connectivity index (χ0v) is 24.5. The minimum atomic E-state index is -4.74. The molecule has 0 fully saturated rings. The molecule has 0 aliphatic rings. The molecule has 1 amide bonds. The summed E-state index contributed by atoms with van der Waals surface area (Å²) in [7, 11) is -4.74. The fourth-order valence-corrected chi connectivity index (χ4v) is 4.28. The van der Waals surface area contributed by atoms with Crippen LogP contribution in [0.5, 0.6) is 0 Å². The monoisotopic (exact) mass is 565 g/mol. The maximum Gasteiger partial charge on any atom is 0.469 e. The number of carbonyl (C=O) groups is 3. The van der Waals surface area contributed by atoms with Gasteiger partial charge in [0.05, 0.1) is 6.61 Å². The van der Waals surface area contributed by atoms with Crippen LogP contribution in [0.25, 0.3) is 0 Å². The van der Waals surface area contributed by atoms with Crippen LogP contribution in [-0.2, 0) is 32.9 Å². The summed E-state index contributed by atoms with van der Waals surface area (Å²) in [5.74, 6) is -0.909. The van der Waals surface area contributed by atoms with Gasteiger partial charge in [-0.15, -0.1) is 0 Å². The number of esters is 2. The fourth-order valence-electron chi connectivity index (χ4n) is 3.92. The predicted octanol–water partition coefficient (Wildman–Crippen LogP) is 5.73. The molecule has 0 aromatic rings. The van der Waals surface area contributed by atoms with Crippen LogP contribution in [0.3, 0.4) is 0 Å². The summed E-state index contributed by atoms with van der Waals surface area (Å²) in [5.41, 5.74) is 0. The molecule has 11 heteroatoms. The van der Waals surface area contributed by atoms with Crippen LogP contribution in [0.15, 0.2) is 0 Å². The van der Waals surface area contributed by atoms with Crippen molar-refractivity contribution in [2.75, 3.05) is 19.8 Å². The van der Waals surface area contributed by atoms with Gasteiger partial charge in [0.2, 0.25) is 5.91 Å². The minimum Gasteiger partial charge on any atom is -0.462 e. The van der Waals surface area contributed by atoms with E-state index in [1.807, 2.05) is 0 Å². The lowest BCUT2D eigenvalue weighted by Gasteiger charge is -2.18. The Bertz CT molecular complexity index is 669. The van der Waals surface area contributed by atoms with Crippen molar-refractivity contribution in [3.63, 3.8) is 0 Å². The van der Waals surface area contributed by atoms with Crippen LogP contribution in [0.1, 0.15) is 129 Å². The highest BCUT2D eigenvalue weighted by atomic mass is 31.2. The number of unbranched alkanes of at least 4 members (excludes halogenated alkanes) is 14. The first-order valence-corrected chi connectivity index (χ1v) is 16.0. The van der Waals surface area contributed by atoms with Gasteiger partial charge in [-0.1, -0.05) is 90.4 Å². The Labute approximate surface area is 229 Å². The van der Waals surface area contributed by atoms with E-state index in [-0.39, 0.29) is 25.4 Å². The summed E-state index contributed by atoms with van der Waals surface area (Å²) in [6.07, 6.45) is 16.1. The van der Waals surface area contributed by atoms with Crippen molar-refractivity contribution in [3.05, 3.63) is 0 Å². The largest absolute Gasteiger partial charge is 0.469 e. The molecule has 0 aromatic heterocycles. The summed E-state index contributed by atoms with van der Waals surface area (Å²) in [5, 5.41) is 2.80. The number of rotatable bonds is 26. The number of nitrogens with one attached hydrogen (secondary N) is 1. The second-order valence-electron chi connectivity index (χ2n) is 9.87. The van der Waals surface area contributed by atoms with Crippen molar-refractivity contribution in [1.29, 1.82) is 0 Å². The fraction of sp³-hybridized carbons (Fsp3) is 0.889. The molecule has 224 valence electrons. The van der Waals surface area contributed by atoms with Gasteiger partial charge in [0, 0.05) is 26.3 Å². The summed E-state index contributed by atoms with van der Waals surface area (Å²) in [6.45, 7) is 3.57. The zero-order chi connectivity index (χ0) is 28.5. The first-order chi connectivity index (χ1) is 18.1. The van der Waals surface area contributed by atoms with Crippen LogP contribution < -0.4 is 5.32 Å². The Kier molecular flexibility index (Phi) is 23.6. The van der Waals surface area contributed by atoms with Gasteiger partial charge < -0.3 is 24.6 Å². The number of phosphoric acid groups is 1. The van der Waals surface area contributed by atoms with Crippen molar-refractivity contribution in [2.24, 2.45) is 0 Å². The maximum absolute atomic E-state index is 12.1. The molecular formula is C27H52NO9P. The highest BCUT2D eigenvalue weighted by molar-refractivity contribution is 7.46. The van der Waals surface area contributed by atoms with Crippen molar-refractivity contribution < 1.29 is 42.7 Å². The van der Waals surface area contributed by atoms with E-state index in [2.05, 4.69) is 16.8 Å². The standard InChI is InChI=1S/C27H52NO9P/c1-3-4-5-6-13-17-20-27(31)37-25(23-36-38(32,33)34)22-35-26(30)19-16-14-11-9-7-8-10-12-15-18-21-28-24(2)29/h25H,3-23H2,1-2H3,(H,28,29)(H2,32,33,34)/t25-/m0/s1. The number of ether oxygens (including phenoxy) is 2. The molecular weight excluding hydrogens is 513 g/mol. The van der Waals surface area contributed by atoms with Gasteiger partial charge >= 0.3 is 19.8 Å². The van der Waals surface area contributed by atoms with E-state index in [9.17, 15) is 18.9 Å². The van der Waals surface area contributed by atoms with Gasteiger partial charge in [0.25, 0.3) is 0 Å². The minimum absolute atomic E-state index is 0.0230. The van der Waals surface area contributed by atoms with E-state index in [1.165, 1.54) is 39.0 Å². The number of amides is 1. The third-order valence-electron chi connectivity index (χ3n) is 6.07.